The van der Waals surface area contributed by atoms with Crippen LogP contribution in [0.25, 0.3) is 0 Å². The summed E-state index contributed by atoms with van der Waals surface area (Å²) in [6, 6.07) is 9.17. The second kappa shape index (κ2) is 5.74. The van der Waals surface area contributed by atoms with Crippen LogP contribution in [0, 0.1) is 6.92 Å². The van der Waals surface area contributed by atoms with Crippen molar-refractivity contribution in [2.45, 2.75) is 49.7 Å². The first-order valence-corrected chi connectivity index (χ1v) is 7.22. The molecule has 1 aliphatic rings. The molecule has 2 heteroatoms. The normalized spacial score (nSPS) is 25.6. The smallest absolute Gasteiger partial charge is 0.0189 e. The lowest BCUT2D eigenvalue weighted by molar-refractivity contribution is 0.450. The van der Waals surface area contributed by atoms with Gasteiger partial charge in [0.05, 0.1) is 0 Å². The molecule has 88 valence electrons. The van der Waals surface area contributed by atoms with Crippen LogP contribution in [0.1, 0.15) is 36.8 Å². The van der Waals surface area contributed by atoms with Crippen LogP contribution in [0.5, 0.6) is 0 Å². The molecule has 1 saturated carbocycles. The lowest BCUT2D eigenvalue weighted by atomic mass is 9.96. The van der Waals surface area contributed by atoms with E-state index in [1.54, 1.807) is 0 Å². The van der Waals surface area contributed by atoms with Crippen LogP contribution in [0.15, 0.2) is 24.3 Å². The van der Waals surface area contributed by atoms with Gasteiger partial charge in [-0.1, -0.05) is 24.3 Å². The molecule has 0 amide bonds. The molecule has 0 aliphatic heterocycles. The molecule has 2 N–H and O–H groups in total. The maximum absolute atomic E-state index is 5.92. The molecule has 0 aromatic heterocycles. The molecule has 2 rings (SSSR count). The number of hydrogen-bond acceptors (Lipinski definition) is 2. The molecule has 1 aliphatic carbocycles. The minimum absolute atomic E-state index is 0.468. The summed E-state index contributed by atoms with van der Waals surface area (Å²) in [5, 5.41) is 0.833. The van der Waals surface area contributed by atoms with Crippen molar-refractivity contribution in [3.63, 3.8) is 0 Å². The second-order valence-electron chi connectivity index (χ2n) is 4.77. The molecule has 0 bridgehead atoms. The zero-order valence-electron chi connectivity index (χ0n) is 9.99. The quantitative estimate of drug-likeness (QED) is 0.868. The molecule has 0 unspecified atom stereocenters. The lowest BCUT2D eigenvalue weighted by Crippen LogP contribution is -2.27. The average molecular weight is 235 g/mol. The highest BCUT2D eigenvalue weighted by Crippen LogP contribution is 2.30. The Morgan fingerprint density at radius 1 is 1.19 bits per heavy atom. The van der Waals surface area contributed by atoms with E-state index in [-0.39, 0.29) is 0 Å². The van der Waals surface area contributed by atoms with Crippen molar-refractivity contribution >= 4 is 11.8 Å². The Kier molecular flexibility index (Phi) is 4.30. The minimum atomic E-state index is 0.468. The maximum Gasteiger partial charge on any atom is 0.0189 e. The van der Waals surface area contributed by atoms with E-state index >= 15 is 0 Å². The van der Waals surface area contributed by atoms with E-state index in [9.17, 15) is 0 Å². The summed E-state index contributed by atoms with van der Waals surface area (Å²) >= 11 is 2.11. The van der Waals surface area contributed by atoms with E-state index in [1.165, 1.54) is 36.8 Å². The highest BCUT2D eigenvalue weighted by atomic mass is 32.2. The molecule has 0 spiro atoms. The fraction of sp³-hybridized carbons (Fsp3) is 0.571. The molecule has 0 saturated heterocycles. The molecule has 0 radical (unpaired) electrons. The Bertz CT molecular complexity index is 329. The van der Waals surface area contributed by atoms with Gasteiger partial charge in [-0.15, -0.1) is 0 Å². The predicted molar refractivity (Wildman–Crippen MR) is 72.7 cm³/mol. The minimum Gasteiger partial charge on any atom is -0.328 e. The van der Waals surface area contributed by atoms with E-state index in [0.717, 1.165) is 11.0 Å². The van der Waals surface area contributed by atoms with E-state index in [4.69, 9.17) is 5.73 Å². The second-order valence-corrected chi connectivity index (χ2v) is 6.06. The molecule has 1 nitrogen and oxygen atoms in total. The summed E-state index contributed by atoms with van der Waals surface area (Å²) in [4.78, 5) is 0. The molecular formula is C14H21NS. The molecule has 1 aromatic rings. The number of thioether (sulfide) groups is 1. The van der Waals surface area contributed by atoms with E-state index in [2.05, 4.69) is 43.0 Å². The van der Waals surface area contributed by atoms with Crippen LogP contribution in [-0.2, 0) is 5.75 Å². The average Bonchev–Trinajstić information content (AvgIpc) is 2.30. The predicted octanol–water partition coefficient (Wildman–Crippen LogP) is 3.50. The van der Waals surface area contributed by atoms with E-state index in [0.29, 0.717) is 6.04 Å². The highest BCUT2D eigenvalue weighted by molar-refractivity contribution is 7.99. The van der Waals surface area contributed by atoms with Crippen LogP contribution < -0.4 is 5.73 Å². The Morgan fingerprint density at radius 3 is 2.56 bits per heavy atom. The standard InChI is InChI=1S/C14H21NS/c1-11-4-2-3-5-12(11)10-16-14-8-6-13(15)7-9-14/h2-5,13-14H,6-10,15H2,1H3. The van der Waals surface area contributed by atoms with Crippen molar-refractivity contribution in [1.29, 1.82) is 0 Å². The fourth-order valence-electron chi connectivity index (χ4n) is 2.23. The van der Waals surface area contributed by atoms with Gasteiger partial charge in [-0.3, -0.25) is 0 Å². The van der Waals surface area contributed by atoms with Crippen LogP contribution >= 0.6 is 11.8 Å². The van der Waals surface area contributed by atoms with Gasteiger partial charge in [-0.05, 0) is 43.7 Å². The molecule has 1 aromatic carbocycles. The summed E-state index contributed by atoms with van der Waals surface area (Å²) in [7, 11) is 0. The third-order valence-corrected chi connectivity index (χ3v) is 4.88. The lowest BCUT2D eigenvalue weighted by Gasteiger charge is -2.25. The number of hydrogen-bond donors (Lipinski definition) is 1. The van der Waals surface area contributed by atoms with Gasteiger partial charge < -0.3 is 5.73 Å². The van der Waals surface area contributed by atoms with Crippen LogP contribution in [0.2, 0.25) is 0 Å². The van der Waals surface area contributed by atoms with Gasteiger partial charge in [0, 0.05) is 17.0 Å². The van der Waals surface area contributed by atoms with Gasteiger partial charge in [0.2, 0.25) is 0 Å². The Labute approximate surface area is 103 Å². The van der Waals surface area contributed by atoms with Gasteiger partial charge in [0.1, 0.15) is 0 Å². The Morgan fingerprint density at radius 2 is 1.88 bits per heavy atom. The Balaban J connectivity index is 1.81. The van der Waals surface area contributed by atoms with Crippen molar-refractivity contribution in [2.75, 3.05) is 0 Å². The van der Waals surface area contributed by atoms with Crippen molar-refractivity contribution < 1.29 is 0 Å². The largest absolute Gasteiger partial charge is 0.328 e. The van der Waals surface area contributed by atoms with Gasteiger partial charge in [0.25, 0.3) is 0 Å². The van der Waals surface area contributed by atoms with Gasteiger partial charge in [-0.25, -0.2) is 0 Å². The number of nitrogens with two attached hydrogens (primary N) is 1. The maximum atomic E-state index is 5.92. The third kappa shape index (κ3) is 3.26. The zero-order valence-corrected chi connectivity index (χ0v) is 10.8. The number of benzene rings is 1. The van der Waals surface area contributed by atoms with Crippen LogP contribution in [-0.4, -0.2) is 11.3 Å². The van der Waals surface area contributed by atoms with Crippen LogP contribution in [0.4, 0.5) is 0 Å². The molecular weight excluding hydrogens is 214 g/mol. The van der Waals surface area contributed by atoms with Gasteiger partial charge in [0.15, 0.2) is 0 Å². The first kappa shape index (κ1) is 12.0. The van der Waals surface area contributed by atoms with E-state index < -0.39 is 0 Å². The summed E-state index contributed by atoms with van der Waals surface area (Å²) in [6.07, 6.45) is 5.03. The van der Waals surface area contributed by atoms with Crippen molar-refractivity contribution in [3.05, 3.63) is 35.4 Å². The van der Waals surface area contributed by atoms with Gasteiger partial charge in [-0.2, -0.15) is 11.8 Å². The SMILES string of the molecule is Cc1ccccc1CSC1CCC(N)CC1. The summed E-state index contributed by atoms with van der Waals surface area (Å²) in [5.74, 6) is 1.16. The molecule has 0 heterocycles. The fourth-order valence-corrected chi connectivity index (χ4v) is 3.58. The van der Waals surface area contributed by atoms with E-state index in [1.807, 2.05) is 0 Å². The molecule has 16 heavy (non-hydrogen) atoms. The van der Waals surface area contributed by atoms with Crippen molar-refractivity contribution in [3.8, 4) is 0 Å². The molecule has 1 fully saturated rings. The summed E-state index contributed by atoms with van der Waals surface area (Å²) in [5.41, 5.74) is 8.83. The summed E-state index contributed by atoms with van der Waals surface area (Å²) in [6.45, 7) is 2.20. The van der Waals surface area contributed by atoms with Crippen LogP contribution in [0.3, 0.4) is 0 Å². The zero-order chi connectivity index (χ0) is 11.4. The van der Waals surface area contributed by atoms with Crippen molar-refractivity contribution in [1.82, 2.24) is 0 Å². The highest BCUT2D eigenvalue weighted by Gasteiger charge is 2.18. The Hall–Kier alpha value is -0.470. The third-order valence-electron chi connectivity index (χ3n) is 3.45. The van der Waals surface area contributed by atoms with Crippen molar-refractivity contribution in [2.24, 2.45) is 5.73 Å². The molecule has 0 atom stereocenters. The topological polar surface area (TPSA) is 26.0 Å². The first-order valence-electron chi connectivity index (χ1n) is 6.17. The first-order chi connectivity index (χ1) is 7.75. The number of rotatable bonds is 3. The van der Waals surface area contributed by atoms with Gasteiger partial charge >= 0.3 is 0 Å². The summed E-state index contributed by atoms with van der Waals surface area (Å²) < 4.78 is 0. The number of aryl methyl sites for hydroxylation is 1. The monoisotopic (exact) mass is 235 g/mol.